The normalized spacial score (nSPS) is 16.5. The third kappa shape index (κ3) is 3.28. The number of benzene rings is 2. The van der Waals surface area contributed by atoms with Crippen LogP contribution in [0, 0.1) is 0 Å². The summed E-state index contributed by atoms with van der Waals surface area (Å²) in [7, 11) is 0. The highest BCUT2D eigenvalue weighted by Gasteiger charge is 2.45. The molecular weight excluding hydrogens is 402 g/mol. The van der Waals surface area contributed by atoms with E-state index in [2.05, 4.69) is 15.3 Å². The number of rotatable bonds is 5. The molecule has 2 heterocycles. The molecule has 164 valence electrons. The summed E-state index contributed by atoms with van der Waals surface area (Å²) >= 11 is 0. The number of carbonyl (C=O) groups is 2. The lowest BCUT2D eigenvalue weighted by Gasteiger charge is -2.41. The van der Waals surface area contributed by atoms with E-state index in [0.29, 0.717) is 36.2 Å². The zero-order chi connectivity index (χ0) is 22.3. The Morgan fingerprint density at radius 2 is 1.81 bits per heavy atom. The maximum Gasteiger partial charge on any atom is 0.273 e. The molecule has 2 aromatic carbocycles. The van der Waals surface area contributed by atoms with Gasteiger partial charge in [0.15, 0.2) is 0 Å². The van der Waals surface area contributed by atoms with Gasteiger partial charge in [-0.05, 0) is 48.1 Å². The van der Waals surface area contributed by atoms with E-state index in [0.717, 1.165) is 42.4 Å². The molecule has 1 aromatic heterocycles. The first-order valence-corrected chi connectivity index (χ1v) is 11.2. The molecule has 0 atom stereocenters. The summed E-state index contributed by atoms with van der Waals surface area (Å²) in [6, 6.07) is 13.8. The predicted molar refractivity (Wildman–Crippen MR) is 123 cm³/mol. The van der Waals surface area contributed by atoms with Gasteiger partial charge in [0.25, 0.3) is 5.91 Å². The largest absolute Gasteiger partial charge is 0.368 e. The maximum atomic E-state index is 13.5. The number of hydrogen-bond donors (Lipinski definition) is 2. The van der Waals surface area contributed by atoms with Crippen LogP contribution >= 0.6 is 0 Å². The lowest BCUT2D eigenvalue weighted by Crippen LogP contribution is -2.49. The zero-order valence-electron chi connectivity index (χ0n) is 18.2. The number of amides is 2. The average molecular weight is 430 g/mol. The van der Waals surface area contributed by atoms with Crippen molar-refractivity contribution in [3.05, 3.63) is 64.8 Å². The number of fused-ring (bicyclic) bond motifs is 2. The van der Waals surface area contributed by atoms with Crippen molar-refractivity contribution in [2.24, 2.45) is 0 Å². The van der Waals surface area contributed by atoms with Crippen LogP contribution in [-0.4, -0.2) is 33.2 Å². The molecule has 3 N–H and O–H groups in total. The van der Waals surface area contributed by atoms with E-state index in [9.17, 15) is 9.59 Å². The molecule has 2 aliphatic rings. The number of nitrogens with two attached hydrogens (primary N) is 1. The fraction of sp³-hybridized carbons (Fsp3) is 0.360. The van der Waals surface area contributed by atoms with Gasteiger partial charge in [0, 0.05) is 25.0 Å². The fourth-order valence-corrected chi connectivity index (χ4v) is 4.82. The van der Waals surface area contributed by atoms with Crippen molar-refractivity contribution in [3.63, 3.8) is 0 Å². The van der Waals surface area contributed by atoms with Gasteiger partial charge in [0.1, 0.15) is 5.69 Å². The van der Waals surface area contributed by atoms with Crippen LogP contribution in [0.15, 0.2) is 42.5 Å². The van der Waals surface area contributed by atoms with Gasteiger partial charge in [-0.25, -0.2) is 9.97 Å². The SMILES string of the molecule is CCCNC(=O)C1(c2ccc3nc(N)nc(C(=O)N4Cc5ccccc5C4)c3c2)CCC1. The summed E-state index contributed by atoms with van der Waals surface area (Å²) in [5.74, 6) is -0.0379. The molecule has 2 amide bonds. The van der Waals surface area contributed by atoms with Crippen molar-refractivity contribution in [1.29, 1.82) is 0 Å². The highest BCUT2D eigenvalue weighted by atomic mass is 16.2. The minimum atomic E-state index is -0.547. The van der Waals surface area contributed by atoms with E-state index >= 15 is 0 Å². The van der Waals surface area contributed by atoms with Gasteiger partial charge in [0.2, 0.25) is 11.9 Å². The standard InChI is InChI=1S/C25H27N5O2/c1-2-12-27-23(32)25(10-5-11-25)18-8-9-20-19(13-18)21(29-24(26)28-20)22(31)30-14-16-6-3-4-7-17(16)15-30/h3-4,6-9,13H,2,5,10-12,14-15H2,1H3,(H,27,32)(H2,26,28,29). The number of nitrogens with one attached hydrogen (secondary N) is 1. The van der Waals surface area contributed by atoms with Gasteiger partial charge >= 0.3 is 0 Å². The molecule has 7 heteroatoms. The Bertz CT molecular complexity index is 1190. The Labute approximate surface area is 187 Å². The smallest absolute Gasteiger partial charge is 0.273 e. The van der Waals surface area contributed by atoms with Crippen LogP contribution in [0.1, 0.15) is 59.8 Å². The molecular formula is C25H27N5O2. The van der Waals surface area contributed by atoms with Crippen molar-refractivity contribution in [2.45, 2.75) is 51.1 Å². The van der Waals surface area contributed by atoms with Gasteiger partial charge in [-0.1, -0.05) is 43.7 Å². The second kappa shape index (κ2) is 7.89. The highest BCUT2D eigenvalue weighted by Crippen LogP contribution is 2.45. The molecule has 1 aliphatic carbocycles. The number of aromatic nitrogens is 2. The Kier molecular flexibility index (Phi) is 5.04. The van der Waals surface area contributed by atoms with E-state index in [1.54, 1.807) is 4.90 Å². The molecule has 3 aromatic rings. The van der Waals surface area contributed by atoms with Gasteiger partial charge in [0.05, 0.1) is 10.9 Å². The van der Waals surface area contributed by atoms with Gasteiger partial charge in [-0.3, -0.25) is 9.59 Å². The fourth-order valence-electron chi connectivity index (χ4n) is 4.82. The molecule has 32 heavy (non-hydrogen) atoms. The minimum Gasteiger partial charge on any atom is -0.368 e. The second-order valence-electron chi connectivity index (χ2n) is 8.78. The number of nitrogens with zero attached hydrogens (tertiary/aromatic N) is 3. The maximum absolute atomic E-state index is 13.5. The Balaban J connectivity index is 1.54. The van der Waals surface area contributed by atoms with Crippen molar-refractivity contribution < 1.29 is 9.59 Å². The molecule has 1 saturated carbocycles. The van der Waals surface area contributed by atoms with Crippen molar-refractivity contribution in [1.82, 2.24) is 20.2 Å². The zero-order valence-corrected chi connectivity index (χ0v) is 18.2. The van der Waals surface area contributed by atoms with Crippen molar-refractivity contribution >= 4 is 28.7 Å². The third-order valence-electron chi connectivity index (χ3n) is 6.77. The molecule has 0 radical (unpaired) electrons. The van der Waals surface area contributed by atoms with Crippen LogP contribution in [0.25, 0.3) is 10.9 Å². The minimum absolute atomic E-state index is 0.0594. The Hall–Kier alpha value is -3.48. The Morgan fingerprint density at radius 1 is 1.09 bits per heavy atom. The molecule has 0 bridgehead atoms. The molecule has 5 rings (SSSR count). The molecule has 1 fully saturated rings. The summed E-state index contributed by atoms with van der Waals surface area (Å²) < 4.78 is 0. The van der Waals surface area contributed by atoms with Crippen LogP contribution in [0.5, 0.6) is 0 Å². The summed E-state index contributed by atoms with van der Waals surface area (Å²) in [5.41, 5.74) is 9.53. The summed E-state index contributed by atoms with van der Waals surface area (Å²) in [4.78, 5) is 37.0. The first-order valence-electron chi connectivity index (χ1n) is 11.2. The van der Waals surface area contributed by atoms with Crippen LogP contribution in [0.2, 0.25) is 0 Å². The van der Waals surface area contributed by atoms with Crippen LogP contribution in [0.4, 0.5) is 5.95 Å². The van der Waals surface area contributed by atoms with E-state index in [-0.39, 0.29) is 17.8 Å². The molecule has 1 aliphatic heterocycles. The van der Waals surface area contributed by atoms with Crippen LogP contribution in [-0.2, 0) is 23.3 Å². The van der Waals surface area contributed by atoms with Crippen LogP contribution in [0.3, 0.4) is 0 Å². The number of anilines is 1. The predicted octanol–water partition coefficient (Wildman–Crippen LogP) is 3.32. The highest BCUT2D eigenvalue weighted by molar-refractivity contribution is 6.05. The third-order valence-corrected chi connectivity index (χ3v) is 6.77. The van der Waals surface area contributed by atoms with E-state index in [1.807, 2.05) is 49.4 Å². The quantitative estimate of drug-likeness (QED) is 0.648. The van der Waals surface area contributed by atoms with E-state index in [1.165, 1.54) is 0 Å². The van der Waals surface area contributed by atoms with E-state index in [4.69, 9.17) is 5.73 Å². The lowest BCUT2D eigenvalue weighted by atomic mass is 9.63. The molecule has 0 unspecified atom stereocenters. The van der Waals surface area contributed by atoms with Gasteiger partial charge in [-0.15, -0.1) is 0 Å². The summed E-state index contributed by atoms with van der Waals surface area (Å²) in [5, 5.41) is 3.70. The van der Waals surface area contributed by atoms with Crippen LogP contribution < -0.4 is 11.1 Å². The number of carbonyl (C=O) groups excluding carboxylic acids is 2. The second-order valence-corrected chi connectivity index (χ2v) is 8.78. The number of hydrogen-bond acceptors (Lipinski definition) is 5. The number of nitrogen functional groups attached to an aromatic ring is 1. The van der Waals surface area contributed by atoms with Gasteiger partial charge < -0.3 is 16.0 Å². The van der Waals surface area contributed by atoms with Gasteiger partial charge in [-0.2, -0.15) is 0 Å². The first kappa shape index (κ1) is 20.4. The summed E-state index contributed by atoms with van der Waals surface area (Å²) in [6.45, 7) is 3.79. The topological polar surface area (TPSA) is 101 Å². The molecule has 0 spiro atoms. The Morgan fingerprint density at radius 3 is 2.44 bits per heavy atom. The summed E-state index contributed by atoms with van der Waals surface area (Å²) in [6.07, 6.45) is 3.50. The lowest BCUT2D eigenvalue weighted by molar-refractivity contribution is -0.129. The molecule has 0 saturated heterocycles. The van der Waals surface area contributed by atoms with E-state index < -0.39 is 5.41 Å². The monoisotopic (exact) mass is 429 g/mol. The average Bonchev–Trinajstić information content (AvgIpc) is 3.20. The van der Waals surface area contributed by atoms with Crippen molar-refractivity contribution in [2.75, 3.05) is 12.3 Å². The molecule has 7 nitrogen and oxygen atoms in total. The first-order chi connectivity index (χ1) is 15.5. The van der Waals surface area contributed by atoms with Crippen molar-refractivity contribution in [3.8, 4) is 0 Å².